The van der Waals surface area contributed by atoms with E-state index < -0.39 is 0 Å². The Bertz CT molecular complexity index is 564. The van der Waals surface area contributed by atoms with Crippen LogP contribution in [0.5, 0.6) is 0 Å². The molecular formula is C17H21NOS. The lowest BCUT2D eigenvalue weighted by molar-refractivity contribution is 0.0944. The van der Waals surface area contributed by atoms with E-state index in [4.69, 9.17) is 0 Å². The van der Waals surface area contributed by atoms with E-state index in [0.717, 1.165) is 10.4 Å². The van der Waals surface area contributed by atoms with Crippen LogP contribution in [-0.2, 0) is 5.41 Å². The van der Waals surface area contributed by atoms with Gasteiger partial charge in [-0.3, -0.25) is 4.79 Å². The van der Waals surface area contributed by atoms with Crippen LogP contribution in [0.4, 0.5) is 0 Å². The average molecular weight is 287 g/mol. The van der Waals surface area contributed by atoms with Gasteiger partial charge in [-0.05, 0) is 34.9 Å². The first kappa shape index (κ1) is 14.8. The number of hydrogen-bond donors (Lipinski definition) is 1. The normalized spacial score (nSPS) is 13.0. The van der Waals surface area contributed by atoms with Gasteiger partial charge >= 0.3 is 0 Å². The van der Waals surface area contributed by atoms with Crippen molar-refractivity contribution < 1.29 is 4.79 Å². The summed E-state index contributed by atoms with van der Waals surface area (Å²) in [6.45, 7) is 8.61. The van der Waals surface area contributed by atoms with Crippen LogP contribution >= 0.6 is 11.3 Å². The van der Waals surface area contributed by atoms with Crippen LogP contribution in [-0.4, -0.2) is 5.91 Å². The lowest BCUT2D eigenvalue weighted by Gasteiger charge is -2.20. The zero-order valence-corrected chi connectivity index (χ0v) is 13.3. The van der Waals surface area contributed by atoms with Gasteiger partial charge in [-0.25, -0.2) is 0 Å². The van der Waals surface area contributed by atoms with Gasteiger partial charge in [0, 0.05) is 0 Å². The Kier molecular flexibility index (Phi) is 4.29. The summed E-state index contributed by atoms with van der Waals surface area (Å²) in [6, 6.07) is 12.2. The second-order valence-corrected chi connectivity index (χ2v) is 6.99. The number of carbonyl (C=O) groups is 1. The van der Waals surface area contributed by atoms with Gasteiger partial charge in [-0.15, -0.1) is 11.3 Å². The van der Waals surface area contributed by atoms with Gasteiger partial charge in [0.1, 0.15) is 0 Å². The number of thiophene rings is 1. The Morgan fingerprint density at radius 1 is 1.15 bits per heavy atom. The fourth-order valence-corrected chi connectivity index (χ4v) is 2.66. The van der Waals surface area contributed by atoms with Crippen molar-refractivity contribution in [2.24, 2.45) is 0 Å². The summed E-state index contributed by atoms with van der Waals surface area (Å²) in [6.07, 6.45) is 0. The van der Waals surface area contributed by atoms with Gasteiger partial charge in [0.25, 0.3) is 5.91 Å². The monoisotopic (exact) mass is 287 g/mol. The van der Waals surface area contributed by atoms with Crippen LogP contribution in [0.1, 0.15) is 54.5 Å². The van der Waals surface area contributed by atoms with E-state index >= 15 is 0 Å². The van der Waals surface area contributed by atoms with Crippen molar-refractivity contribution in [1.29, 1.82) is 0 Å². The van der Waals surface area contributed by atoms with Gasteiger partial charge in [0.15, 0.2) is 0 Å². The minimum absolute atomic E-state index is 0.00704. The summed E-state index contributed by atoms with van der Waals surface area (Å²) in [5, 5.41) is 4.94. The van der Waals surface area contributed by atoms with Crippen molar-refractivity contribution in [3.8, 4) is 0 Å². The van der Waals surface area contributed by atoms with Crippen molar-refractivity contribution >= 4 is 17.2 Å². The fourth-order valence-electron chi connectivity index (χ4n) is 2.03. The predicted octanol–water partition coefficient (Wildman–Crippen LogP) is 4.54. The number of rotatable bonds is 3. The Labute approximate surface area is 124 Å². The molecule has 1 aromatic carbocycles. The maximum Gasteiger partial charge on any atom is 0.261 e. The third-order valence-corrected chi connectivity index (χ3v) is 4.24. The highest BCUT2D eigenvalue weighted by Gasteiger charge is 2.15. The lowest BCUT2D eigenvalue weighted by atomic mass is 9.86. The maximum absolute atomic E-state index is 12.0. The van der Waals surface area contributed by atoms with Crippen molar-refractivity contribution in [3.05, 3.63) is 57.8 Å². The number of nitrogens with one attached hydrogen (secondary N) is 1. The zero-order chi connectivity index (χ0) is 14.8. The topological polar surface area (TPSA) is 29.1 Å². The van der Waals surface area contributed by atoms with E-state index in [9.17, 15) is 4.79 Å². The molecule has 0 fully saturated rings. The summed E-state index contributed by atoms with van der Waals surface area (Å²) in [7, 11) is 0. The molecule has 106 valence electrons. The second-order valence-electron chi connectivity index (χ2n) is 6.04. The molecular weight excluding hydrogens is 266 g/mol. The molecule has 0 aliphatic carbocycles. The maximum atomic E-state index is 12.0. The van der Waals surface area contributed by atoms with Crippen molar-refractivity contribution in [3.63, 3.8) is 0 Å². The van der Waals surface area contributed by atoms with Crippen molar-refractivity contribution in [1.82, 2.24) is 5.32 Å². The smallest absolute Gasteiger partial charge is 0.261 e. The molecule has 0 radical (unpaired) electrons. The van der Waals surface area contributed by atoms with Gasteiger partial charge in [0.05, 0.1) is 10.9 Å². The minimum atomic E-state index is -0.00704. The lowest BCUT2D eigenvalue weighted by Crippen LogP contribution is -2.26. The number of hydrogen-bond acceptors (Lipinski definition) is 2. The molecule has 20 heavy (non-hydrogen) atoms. The van der Waals surface area contributed by atoms with Crippen LogP contribution in [0, 0.1) is 0 Å². The van der Waals surface area contributed by atoms with E-state index in [2.05, 4.69) is 50.4 Å². The molecule has 2 nitrogen and oxygen atoms in total. The van der Waals surface area contributed by atoms with E-state index in [0.29, 0.717) is 0 Å². The number of carbonyl (C=O) groups excluding carboxylic acids is 1. The third kappa shape index (κ3) is 3.48. The van der Waals surface area contributed by atoms with Gasteiger partial charge in [-0.1, -0.05) is 51.1 Å². The molecule has 2 aromatic rings. The summed E-state index contributed by atoms with van der Waals surface area (Å²) in [5.74, 6) is -0.00704. The highest BCUT2D eigenvalue weighted by Crippen LogP contribution is 2.24. The summed E-state index contributed by atoms with van der Waals surface area (Å²) in [5.41, 5.74) is 2.59. The number of amides is 1. The molecule has 1 atom stereocenters. The molecule has 0 bridgehead atoms. The van der Waals surface area contributed by atoms with Gasteiger partial charge < -0.3 is 5.32 Å². The molecule has 1 amide bonds. The predicted molar refractivity (Wildman–Crippen MR) is 85.3 cm³/mol. The highest BCUT2D eigenvalue weighted by molar-refractivity contribution is 7.12. The summed E-state index contributed by atoms with van der Waals surface area (Å²) >= 11 is 1.46. The molecule has 2 rings (SSSR count). The molecule has 0 spiro atoms. The van der Waals surface area contributed by atoms with Gasteiger partial charge in [-0.2, -0.15) is 0 Å². The molecule has 1 N–H and O–H groups in total. The van der Waals surface area contributed by atoms with Crippen molar-refractivity contribution in [2.75, 3.05) is 0 Å². The van der Waals surface area contributed by atoms with Gasteiger partial charge in [0.2, 0.25) is 0 Å². The van der Waals surface area contributed by atoms with Crippen molar-refractivity contribution in [2.45, 2.75) is 39.2 Å². The van der Waals surface area contributed by atoms with Crippen LogP contribution in [0.25, 0.3) is 0 Å². The molecule has 0 aliphatic rings. The fraction of sp³-hybridized carbons (Fsp3) is 0.353. The van der Waals surface area contributed by atoms with Crippen LogP contribution in [0.15, 0.2) is 41.8 Å². The Balaban J connectivity index is 2.06. The molecule has 0 aliphatic heterocycles. The summed E-state index contributed by atoms with van der Waals surface area (Å²) in [4.78, 5) is 12.8. The highest BCUT2D eigenvalue weighted by atomic mass is 32.1. The van der Waals surface area contributed by atoms with E-state index in [1.807, 2.05) is 24.4 Å². The van der Waals surface area contributed by atoms with E-state index in [1.165, 1.54) is 16.9 Å². The average Bonchev–Trinajstić information content (AvgIpc) is 2.91. The first-order chi connectivity index (χ1) is 9.38. The Morgan fingerprint density at radius 3 is 2.30 bits per heavy atom. The standard InChI is InChI=1S/C17H21NOS/c1-12(18-16(19)15-6-5-11-20-15)13-7-9-14(10-8-13)17(2,3)4/h5-12H,1-4H3,(H,18,19)/t12-/m0/s1. The Hall–Kier alpha value is -1.61. The molecule has 1 heterocycles. The minimum Gasteiger partial charge on any atom is -0.345 e. The molecule has 3 heteroatoms. The van der Waals surface area contributed by atoms with E-state index in [1.54, 1.807) is 0 Å². The zero-order valence-electron chi connectivity index (χ0n) is 12.4. The third-order valence-electron chi connectivity index (χ3n) is 3.37. The first-order valence-electron chi connectivity index (χ1n) is 6.83. The van der Waals surface area contributed by atoms with Crippen LogP contribution < -0.4 is 5.32 Å². The number of benzene rings is 1. The largest absolute Gasteiger partial charge is 0.345 e. The SMILES string of the molecule is C[C@H](NC(=O)c1cccs1)c1ccc(C(C)(C)C)cc1. The Morgan fingerprint density at radius 2 is 1.80 bits per heavy atom. The summed E-state index contributed by atoms with van der Waals surface area (Å²) < 4.78 is 0. The van der Waals surface area contributed by atoms with Crippen LogP contribution in [0.3, 0.4) is 0 Å². The molecule has 0 saturated carbocycles. The molecule has 1 aromatic heterocycles. The molecule has 0 saturated heterocycles. The second kappa shape index (κ2) is 5.80. The van der Waals surface area contributed by atoms with Crippen LogP contribution in [0.2, 0.25) is 0 Å². The quantitative estimate of drug-likeness (QED) is 0.882. The van der Waals surface area contributed by atoms with E-state index in [-0.39, 0.29) is 17.4 Å². The molecule has 0 unspecified atom stereocenters. The first-order valence-corrected chi connectivity index (χ1v) is 7.71.